The van der Waals surface area contributed by atoms with Gasteiger partial charge in [0.25, 0.3) is 0 Å². The molecule has 9 aromatic rings. The summed E-state index contributed by atoms with van der Waals surface area (Å²) in [5, 5.41) is 7.54. The zero-order chi connectivity index (χ0) is 39.4. The van der Waals surface area contributed by atoms with Gasteiger partial charge in [0, 0.05) is 28.8 Å². The Bertz CT molecular complexity index is 2810. The quantitative estimate of drug-likeness (QED) is 0.0853. The minimum atomic E-state index is 0. The molecule has 9 rings (SSSR count). The standard InChI is InChI=1S/C51H42N4O3.Pd/c1-4-16-43-50(51-47(57-37-19-8-6-9-20-37)26-15-27-48(51)58-38-21-10-7-11-22-38)45(17-5-2)55(53-43)36-18-14-23-39(33-36)56-40-28-29-42-41-24-12-13-25-44(41)54(46(42)34-40)49-32-35(3)30-31-52-49;/h6-15,18-32H,4-5,16-17H2,1-3H3;/q-2;+2. The van der Waals surface area contributed by atoms with E-state index in [0.717, 1.165) is 98.6 Å². The third kappa shape index (κ3) is 8.03. The molecule has 0 saturated heterocycles. The molecule has 294 valence electrons. The molecule has 0 atom stereocenters. The first-order chi connectivity index (χ1) is 28.6. The number of rotatable bonds is 13. The van der Waals surface area contributed by atoms with Crippen LogP contribution in [0.25, 0.3) is 44.4 Å². The van der Waals surface area contributed by atoms with E-state index in [-0.39, 0.29) is 20.4 Å². The number of hydrogen-bond acceptors (Lipinski definition) is 5. The Balaban J connectivity index is 0.00000484. The van der Waals surface area contributed by atoms with Crippen molar-refractivity contribution in [3.05, 3.63) is 181 Å². The van der Waals surface area contributed by atoms with E-state index in [2.05, 4.69) is 73.9 Å². The van der Waals surface area contributed by atoms with Gasteiger partial charge in [0.15, 0.2) is 0 Å². The van der Waals surface area contributed by atoms with Crippen molar-refractivity contribution >= 4 is 21.8 Å². The molecule has 7 nitrogen and oxygen atoms in total. The average Bonchev–Trinajstić information content (AvgIpc) is 3.77. The molecule has 0 bridgehead atoms. The van der Waals surface area contributed by atoms with Crippen LogP contribution >= 0.6 is 0 Å². The fourth-order valence-electron chi connectivity index (χ4n) is 7.58. The van der Waals surface area contributed by atoms with E-state index in [0.29, 0.717) is 23.0 Å². The van der Waals surface area contributed by atoms with Crippen molar-refractivity contribution < 1.29 is 34.6 Å². The second-order valence-electron chi connectivity index (χ2n) is 14.3. The van der Waals surface area contributed by atoms with E-state index in [1.807, 2.05) is 120 Å². The molecular formula is C51H42N4O3Pd. The van der Waals surface area contributed by atoms with Crippen LogP contribution in [0.4, 0.5) is 0 Å². The summed E-state index contributed by atoms with van der Waals surface area (Å²) in [6, 6.07) is 55.3. The summed E-state index contributed by atoms with van der Waals surface area (Å²) in [6.45, 7) is 6.45. The zero-order valence-electron chi connectivity index (χ0n) is 33.1. The molecule has 0 amide bonds. The van der Waals surface area contributed by atoms with Crippen molar-refractivity contribution in [1.82, 2.24) is 19.3 Å². The van der Waals surface area contributed by atoms with Crippen LogP contribution in [0, 0.1) is 19.1 Å². The van der Waals surface area contributed by atoms with E-state index in [1.165, 1.54) is 0 Å². The fourth-order valence-corrected chi connectivity index (χ4v) is 7.58. The summed E-state index contributed by atoms with van der Waals surface area (Å²) >= 11 is 0. The third-order valence-corrected chi connectivity index (χ3v) is 10.1. The maximum Gasteiger partial charge on any atom is 2.00 e. The average molecular weight is 865 g/mol. The smallest absolute Gasteiger partial charge is 0.509 e. The minimum Gasteiger partial charge on any atom is -0.509 e. The molecule has 0 saturated carbocycles. The molecule has 0 N–H and O–H groups in total. The minimum absolute atomic E-state index is 0. The number of para-hydroxylation sites is 3. The van der Waals surface area contributed by atoms with E-state index >= 15 is 0 Å². The van der Waals surface area contributed by atoms with Gasteiger partial charge in [0.2, 0.25) is 0 Å². The summed E-state index contributed by atoms with van der Waals surface area (Å²) in [5.74, 6) is 4.84. The van der Waals surface area contributed by atoms with E-state index in [4.69, 9.17) is 24.3 Å². The molecule has 0 aliphatic carbocycles. The van der Waals surface area contributed by atoms with Gasteiger partial charge in [-0.05, 0) is 91.0 Å². The van der Waals surface area contributed by atoms with E-state index in [1.54, 1.807) is 0 Å². The van der Waals surface area contributed by atoms with E-state index in [9.17, 15) is 0 Å². The summed E-state index contributed by atoms with van der Waals surface area (Å²) < 4.78 is 24.0. The number of pyridine rings is 1. The maximum atomic E-state index is 6.65. The Morgan fingerprint density at radius 3 is 1.95 bits per heavy atom. The van der Waals surface area contributed by atoms with Gasteiger partial charge in [-0.2, -0.15) is 17.2 Å². The van der Waals surface area contributed by atoms with Gasteiger partial charge in [0.1, 0.15) is 28.8 Å². The van der Waals surface area contributed by atoms with Gasteiger partial charge in [-0.1, -0.05) is 92.9 Å². The fraction of sp³-hybridized carbons (Fsp3) is 0.137. The molecule has 0 aliphatic heterocycles. The molecule has 0 radical (unpaired) electrons. The zero-order valence-corrected chi connectivity index (χ0v) is 34.6. The predicted octanol–water partition coefficient (Wildman–Crippen LogP) is 13.2. The topological polar surface area (TPSA) is 63.3 Å². The second-order valence-corrected chi connectivity index (χ2v) is 14.3. The van der Waals surface area contributed by atoms with Crippen molar-refractivity contribution in [3.8, 4) is 57.1 Å². The van der Waals surface area contributed by atoms with Gasteiger partial charge in [-0.15, -0.1) is 35.7 Å². The molecule has 0 aliphatic rings. The van der Waals surface area contributed by atoms with Crippen LogP contribution in [0.5, 0.6) is 34.5 Å². The molecule has 0 spiro atoms. The molecule has 59 heavy (non-hydrogen) atoms. The first kappa shape index (κ1) is 39.4. The van der Waals surface area contributed by atoms with Crippen LogP contribution in [0.2, 0.25) is 0 Å². The Morgan fingerprint density at radius 1 is 0.593 bits per heavy atom. The SMILES string of the molecule is CCCc1nn(-c2[c-]c(Oc3[c-]c4c(cc3)c3ccccc3n4-c3cc(C)ccn3)ccc2)c(CCC)c1-c1c(Oc2ccccc2)cccc1Oc1ccccc1.[Pd+2]. The van der Waals surface area contributed by atoms with Crippen LogP contribution in [0.15, 0.2) is 152 Å². The van der Waals surface area contributed by atoms with Crippen molar-refractivity contribution in [2.75, 3.05) is 0 Å². The second kappa shape index (κ2) is 17.6. The van der Waals surface area contributed by atoms with Crippen molar-refractivity contribution in [2.45, 2.75) is 46.5 Å². The van der Waals surface area contributed by atoms with Gasteiger partial charge in [-0.3, -0.25) is 4.68 Å². The van der Waals surface area contributed by atoms with Crippen molar-refractivity contribution in [2.24, 2.45) is 0 Å². The number of nitrogens with zero attached hydrogens (tertiary/aromatic N) is 4. The van der Waals surface area contributed by atoms with Crippen LogP contribution in [-0.4, -0.2) is 19.3 Å². The Morgan fingerprint density at radius 2 is 1.25 bits per heavy atom. The summed E-state index contributed by atoms with van der Waals surface area (Å²) in [7, 11) is 0. The third-order valence-electron chi connectivity index (χ3n) is 10.1. The first-order valence-corrected chi connectivity index (χ1v) is 19.9. The number of aryl methyl sites for hydroxylation is 2. The van der Waals surface area contributed by atoms with Crippen molar-refractivity contribution in [1.29, 1.82) is 0 Å². The summed E-state index contributed by atoms with van der Waals surface area (Å²) in [6.07, 6.45) is 5.18. The van der Waals surface area contributed by atoms with Crippen molar-refractivity contribution in [3.63, 3.8) is 0 Å². The summed E-state index contributed by atoms with van der Waals surface area (Å²) in [4.78, 5) is 4.73. The molecule has 0 fully saturated rings. The van der Waals surface area contributed by atoms with Crippen LogP contribution in [0.3, 0.4) is 0 Å². The number of ether oxygens (including phenoxy) is 3. The van der Waals surface area contributed by atoms with Gasteiger partial charge in [-0.25, -0.2) is 4.98 Å². The number of benzene rings is 6. The molecule has 3 aromatic heterocycles. The van der Waals surface area contributed by atoms with Crippen LogP contribution < -0.4 is 14.2 Å². The molecule has 6 aromatic carbocycles. The number of aromatic nitrogens is 4. The van der Waals surface area contributed by atoms with Gasteiger partial charge in [0.05, 0.1) is 17.0 Å². The largest absolute Gasteiger partial charge is 2.00 e. The number of hydrogen-bond donors (Lipinski definition) is 0. The van der Waals surface area contributed by atoms with Gasteiger partial charge >= 0.3 is 20.4 Å². The molecule has 3 heterocycles. The van der Waals surface area contributed by atoms with Crippen LogP contribution in [-0.2, 0) is 33.3 Å². The normalized spacial score (nSPS) is 11.1. The Kier molecular flexibility index (Phi) is 11.7. The monoisotopic (exact) mass is 864 g/mol. The predicted molar refractivity (Wildman–Crippen MR) is 231 cm³/mol. The van der Waals surface area contributed by atoms with Crippen LogP contribution in [0.1, 0.15) is 43.6 Å². The number of fused-ring (bicyclic) bond motifs is 3. The van der Waals surface area contributed by atoms with E-state index < -0.39 is 0 Å². The van der Waals surface area contributed by atoms with Gasteiger partial charge < -0.3 is 18.8 Å². The molecular weight excluding hydrogens is 823 g/mol. The maximum absolute atomic E-state index is 6.65. The summed E-state index contributed by atoms with van der Waals surface area (Å²) in [5.41, 5.74) is 7.74. The Labute approximate surface area is 358 Å². The molecule has 8 heteroatoms. The Hall–Kier alpha value is -6.46. The molecule has 0 unspecified atom stereocenters. The first-order valence-electron chi connectivity index (χ1n) is 19.9.